The van der Waals surface area contributed by atoms with Crippen LogP contribution in [0.1, 0.15) is 99.5 Å². The van der Waals surface area contributed by atoms with E-state index in [2.05, 4.69) is 62.0 Å². The van der Waals surface area contributed by atoms with E-state index in [9.17, 15) is 19.2 Å². The lowest BCUT2D eigenvalue weighted by Crippen LogP contribution is -2.51. The molecule has 6 rings (SSSR count). The number of hydrogen-bond donors (Lipinski definition) is 4. The maximum Gasteiger partial charge on any atom is 0.407 e. The van der Waals surface area contributed by atoms with Crippen molar-refractivity contribution in [2.75, 3.05) is 27.3 Å². The first-order chi connectivity index (χ1) is 26.9. The van der Waals surface area contributed by atoms with Crippen LogP contribution in [0.5, 0.6) is 0 Å². The lowest BCUT2D eigenvalue weighted by atomic mass is 10.0. The minimum atomic E-state index is -0.676. The number of carbonyl (C=O) groups is 4. The molecule has 0 radical (unpaired) electrons. The molecule has 4 amide bonds. The topological polar surface area (TPSA) is 175 Å². The highest BCUT2D eigenvalue weighted by Crippen LogP contribution is 2.34. The molecule has 56 heavy (non-hydrogen) atoms. The first-order valence-electron chi connectivity index (χ1n) is 19.6. The maximum atomic E-state index is 13.6. The molecule has 2 saturated heterocycles. The van der Waals surface area contributed by atoms with E-state index in [4.69, 9.17) is 14.5 Å². The summed E-state index contributed by atoms with van der Waals surface area (Å²) in [5, 5.41) is 5.39. The van der Waals surface area contributed by atoms with E-state index in [1.807, 2.05) is 50.8 Å². The molecule has 2 aromatic carbocycles. The van der Waals surface area contributed by atoms with E-state index in [1.165, 1.54) is 25.3 Å². The Morgan fingerprint density at radius 3 is 1.89 bits per heavy atom. The number of hydrogen-bond acceptors (Lipinski definition) is 8. The fraction of sp³-hybridized carbons (Fsp3) is 0.476. The van der Waals surface area contributed by atoms with Gasteiger partial charge in [0.05, 0.1) is 49.2 Å². The van der Waals surface area contributed by atoms with Gasteiger partial charge < -0.3 is 39.9 Å². The fourth-order valence-corrected chi connectivity index (χ4v) is 7.65. The third-order valence-electron chi connectivity index (χ3n) is 10.8. The summed E-state index contributed by atoms with van der Waals surface area (Å²) in [6.45, 7) is 8.84. The van der Waals surface area contributed by atoms with Crippen LogP contribution in [0, 0.1) is 11.8 Å². The van der Waals surface area contributed by atoms with Crippen molar-refractivity contribution in [3.8, 4) is 0 Å². The van der Waals surface area contributed by atoms with Crippen LogP contribution in [0.2, 0.25) is 0 Å². The number of alkyl carbamates (subject to hydrolysis) is 2. The Morgan fingerprint density at radius 1 is 0.768 bits per heavy atom. The molecule has 298 valence electrons. The summed E-state index contributed by atoms with van der Waals surface area (Å²) in [6.07, 6.45) is 9.62. The monoisotopic (exact) mass is 766 g/mol. The van der Waals surface area contributed by atoms with Crippen molar-refractivity contribution in [1.82, 2.24) is 40.4 Å². The minimum absolute atomic E-state index is 0.0946. The number of nitrogens with one attached hydrogen (secondary N) is 4. The second-order valence-electron chi connectivity index (χ2n) is 15.4. The molecule has 4 aromatic rings. The molecule has 2 aromatic heterocycles. The molecule has 4 atom stereocenters. The number of likely N-dealkylation sites (tertiary alicyclic amines) is 2. The Labute approximate surface area is 327 Å². The highest BCUT2D eigenvalue weighted by Gasteiger charge is 2.39. The number of nitrogens with zero attached hydrogens (tertiary/aromatic N) is 4. The summed E-state index contributed by atoms with van der Waals surface area (Å²) in [7, 11) is 2.59. The number of aromatic nitrogens is 4. The predicted octanol–water partition coefficient (Wildman–Crippen LogP) is 6.33. The molecule has 14 heteroatoms. The van der Waals surface area contributed by atoms with E-state index < -0.39 is 24.3 Å². The SMILES string of the molecule is COC(=O)NC(C(=O)N1CCCC1c1ncc(/C=C/c2ccc(CCc3ccc4nc(C5CCCN5C(=O)C(NC(=O)OC)C(C)C)[nH]c4c3)cc2)[nH]1)C(C)C. The number of fused-ring (bicyclic) bond motifs is 1. The van der Waals surface area contributed by atoms with Gasteiger partial charge in [0.15, 0.2) is 0 Å². The van der Waals surface area contributed by atoms with E-state index >= 15 is 0 Å². The predicted molar refractivity (Wildman–Crippen MR) is 213 cm³/mol. The van der Waals surface area contributed by atoms with Gasteiger partial charge in [-0.05, 0) is 85.3 Å². The number of ether oxygens (including phenoxy) is 2. The van der Waals surface area contributed by atoms with Crippen molar-refractivity contribution >= 4 is 47.2 Å². The Bertz CT molecular complexity index is 2040. The summed E-state index contributed by atoms with van der Waals surface area (Å²) in [5.41, 5.74) is 6.12. The van der Waals surface area contributed by atoms with Gasteiger partial charge in [0.2, 0.25) is 11.8 Å². The zero-order valence-electron chi connectivity index (χ0n) is 33.1. The van der Waals surface area contributed by atoms with Gasteiger partial charge in [-0.15, -0.1) is 0 Å². The number of H-pyrrole nitrogens is 2. The second-order valence-corrected chi connectivity index (χ2v) is 15.4. The van der Waals surface area contributed by atoms with Crippen molar-refractivity contribution in [3.63, 3.8) is 0 Å². The highest BCUT2D eigenvalue weighted by molar-refractivity contribution is 5.87. The fourth-order valence-electron chi connectivity index (χ4n) is 7.65. The zero-order chi connectivity index (χ0) is 39.9. The van der Waals surface area contributed by atoms with Crippen LogP contribution in [-0.4, -0.2) is 93.1 Å². The third-order valence-corrected chi connectivity index (χ3v) is 10.8. The number of aryl methyl sites for hydroxylation is 2. The van der Waals surface area contributed by atoms with Crippen LogP contribution in [-0.2, 0) is 31.9 Å². The van der Waals surface area contributed by atoms with Gasteiger partial charge in [0.25, 0.3) is 0 Å². The van der Waals surface area contributed by atoms with Crippen LogP contribution in [0.15, 0.2) is 48.7 Å². The van der Waals surface area contributed by atoms with Gasteiger partial charge in [0, 0.05) is 13.1 Å². The summed E-state index contributed by atoms with van der Waals surface area (Å²) in [4.78, 5) is 70.8. The molecule has 4 N–H and O–H groups in total. The Kier molecular flexibility index (Phi) is 12.8. The smallest absolute Gasteiger partial charge is 0.407 e. The van der Waals surface area contributed by atoms with Gasteiger partial charge in [-0.2, -0.15) is 0 Å². The Hall–Kier alpha value is -5.66. The molecule has 2 aliphatic heterocycles. The first-order valence-corrected chi connectivity index (χ1v) is 19.6. The molecule has 14 nitrogen and oxygen atoms in total. The Balaban J connectivity index is 1.04. The van der Waals surface area contributed by atoms with Gasteiger partial charge in [0.1, 0.15) is 23.7 Å². The summed E-state index contributed by atoms with van der Waals surface area (Å²) in [6, 6.07) is 13.1. The number of imidazole rings is 2. The summed E-state index contributed by atoms with van der Waals surface area (Å²) in [5.74, 6) is 1.05. The third kappa shape index (κ3) is 9.23. The second kappa shape index (κ2) is 17.9. The van der Waals surface area contributed by atoms with Crippen LogP contribution in [0.4, 0.5) is 9.59 Å². The Morgan fingerprint density at radius 2 is 1.32 bits per heavy atom. The largest absolute Gasteiger partial charge is 0.453 e. The average molecular weight is 767 g/mol. The van der Waals surface area contributed by atoms with Crippen molar-refractivity contribution in [3.05, 3.63) is 82.7 Å². The van der Waals surface area contributed by atoms with E-state index in [0.29, 0.717) is 13.1 Å². The lowest BCUT2D eigenvalue weighted by molar-refractivity contribution is -0.136. The molecule has 4 heterocycles. The molecular formula is C42H54N8O6. The summed E-state index contributed by atoms with van der Waals surface area (Å²) >= 11 is 0. The lowest BCUT2D eigenvalue weighted by Gasteiger charge is -2.29. The number of benzene rings is 2. The molecule has 2 fully saturated rings. The highest BCUT2D eigenvalue weighted by atomic mass is 16.5. The van der Waals surface area contributed by atoms with Crippen molar-refractivity contribution in [2.24, 2.45) is 11.8 Å². The molecule has 0 saturated carbocycles. The van der Waals surface area contributed by atoms with Crippen LogP contribution in [0.3, 0.4) is 0 Å². The molecule has 0 spiro atoms. The van der Waals surface area contributed by atoms with Crippen LogP contribution >= 0.6 is 0 Å². The number of rotatable bonds is 13. The van der Waals surface area contributed by atoms with Crippen LogP contribution < -0.4 is 10.6 Å². The normalized spacial score (nSPS) is 18.2. The molecule has 4 unspecified atom stereocenters. The van der Waals surface area contributed by atoms with Gasteiger partial charge in [-0.25, -0.2) is 19.6 Å². The number of aromatic amines is 2. The van der Waals surface area contributed by atoms with Crippen molar-refractivity contribution in [1.29, 1.82) is 0 Å². The number of amides is 4. The molecular weight excluding hydrogens is 713 g/mol. The quantitative estimate of drug-likeness (QED) is 0.122. The van der Waals surface area contributed by atoms with E-state index in [-0.39, 0.29) is 35.7 Å². The van der Waals surface area contributed by atoms with E-state index in [0.717, 1.165) is 72.5 Å². The van der Waals surface area contributed by atoms with Crippen LogP contribution in [0.25, 0.3) is 23.2 Å². The van der Waals surface area contributed by atoms with Gasteiger partial charge >= 0.3 is 12.2 Å². The minimum Gasteiger partial charge on any atom is -0.453 e. The molecule has 0 aliphatic carbocycles. The van der Waals surface area contributed by atoms with E-state index in [1.54, 1.807) is 11.1 Å². The average Bonchev–Trinajstić information content (AvgIpc) is 4.03. The summed E-state index contributed by atoms with van der Waals surface area (Å²) < 4.78 is 9.50. The van der Waals surface area contributed by atoms with Crippen molar-refractivity contribution < 1.29 is 28.7 Å². The number of methoxy groups -OCH3 is 2. The first kappa shape index (κ1) is 40.0. The van der Waals surface area contributed by atoms with Gasteiger partial charge in [-0.3, -0.25) is 9.59 Å². The standard InChI is InChI=1S/C42H54N8O6/c1-25(2)35(47-41(53)55-5)39(51)49-21-7-9-33(49)37-43-24-30(44-37)19-17-28-13-11-27(12-14-28)15-16-29-18-20-31-32(23-29)46-38(45-31)34-10-8-22-50(34)40(52)36(26(3)4)48-42(54)56-6/h11-14,17-20,23-26,33-36H,7-10,15-16,21-22H2,1-6H3,(H,43,44)(H,45,46)(H,47,53)(H,48,54)/b19-17+. The molecule has 2 aliphatic rings. The van der Waals surface area contributed by atoms with Gasteiger partial charge in [-0.1, -0.05) is 64.1 Å². The maximum absolute atomic E-state index is 13.6. The van der Waals surface area contributed by atoms with Crippen molar-refractivity contribution in [2.45, 2.75) is 90.4 Å². The number of carbonyl (C=O) groups excluding carboxylic acids is 4. The zero-order valence-corrected chi connectivity index (χ0v) is 33.1. The molecule has 0 bridgehead atoms.